The smallest absolute Gasteiger partial charge is 0.191 e. The summed E-state index contributed by atoms with van der Waals surface area (Å²) < 4.78 is 2.07. The van der Waals surface area contributed by atoms with Crippen molar-refractivity contribution in [1.82, 2.24) is 25.3 Å². The van der Waals surface area contributed by atoms with Gasteiger partial charge in [-0.3, -0.25) is 9.67 Å². The van der Waals surface area contributed by atoms with Crippen molar-refractivity contribution in [2.45, 2.75) is 46.6 Å². The maximum atomic E-state index is 4.49. The fourth-order valence-electron chi connectivity index (χ4n) is 3.38. The summed E-state index contributed by atoms with van der Waals surface area (Å²) in [5.41, 5.74) is 2.32. The molecule has 1 saturated heterocycles. The molecule has 1 atom stereocenters. The first kappa shape index (κ1) is 18.8. The van der Waals surface area contributed by atoms with E-state index in [4.69, 9.17) is 0 Å². The molecule has 0 amide bonds. The lowest BCUT2D eigenvalue weighted by atomic mass is 10.0. The third-order valence-electron chi connectivity index (χ3n) is 4.63. The van der Waals surface area contributed by atoms with E-state index in [2.05, 4.69) is 50.2 Å². The molecule has 1 aromatic heterocycles. The van der Waals surface area contributed by atoms with Gasteiger partial charge in [-0.2, -0.15) is 5.10 Å². The SMILES string of the molecule is CN=C(NCCCn1nc(C)cc1C)NCCN1CCCC(C)C1. The van der Waals surface area contributed by atoms with Gasteiger partial charge in [0.2, 0.25) is 0 Å². The van der Waals surface area contributed by atoms with Crippen LogP contribution in [0.1, 0.15) is 37.6 Å². The lowest BCUT2D eigenvalue weighted by Crippen LogP contribution is -2.44. The molecule has 1 aromatic rings. The van der Waals surface area contributed by atoms with Gasteiger partial charge in [-0.25, -0.2) is 0 Å². The lowest BCUT2D eigenvalue weighted by molar-refractivity contribution is 0.187. The summed E-state index contributed by atoms with van der Waals surface area (Å²) in [7, 11) is 1.83. The van der Waals surface area contributed by atoms with Crippen LogP contribution in [0.4, 0.5) is 0 Å². The summed E-state index contributed by atoms with van der Waals surface area (Å²) >= 11 is 0. The monoisotopic (exact) mass is 334 g/mol. The van der Waals surface area contributed by atoms with Crippen LogP contribution in [-0.4, -0.2) is 60.4 Å². The highest BCUT2D eigenvalue weighted by atomic mass is 15.3. The van der Waals surface area contributed by atoms with Crippen LogP contribution in [0.3, 0.4) is 0 Å². The number of rotatable bonds is 7. The van der Waals surface area contributed by atoms with Gasteiger partial charge in [-0.1, -0.05) is 6.92 Å². The molecule has 6 nitrogen and oxygen atoms in total. The minimum absolute atomic E-state index is 0.838. The summed E-state index contributed by atoms with van der Waals surface area (Å²) in [5.74, 6) is 1.74. The second kappa shape index (κ2) is 9.67. The zero-order chi connectivity index (χ0) is 17.4. The summed E-state index contributed by atoms with van der Waals surface area (Å²) in [4.78, 5) is 6.86. The Kier molecular flexibility index (Phi) is 7.56. The third-order valence-corrected chi connectivity index (χ3v) is 4.63. The van der Waals surface area contributed by atoms with Crippen LogP contribution >= 0.6 is 0 Å². The largest absolute Gasteiger partial charge is 0.356 e. The average Bonchev–Trinajstić information content (AvgIpc) is 2.87. The minimum atomic E-state index is 0.838. The predicted octanol–water partition coefficient (Wildman–Crippen LogP) is 1.79. The number of piperidine rings is 1. The van der Waals surface area contributed by atoms with E-state index in [1.54, 1.807) is 0 Å². The van der Waals surface area contributed by atoms with E-state index in [1.807, 2.05) is 14.0 Å². The highest BCUT2D eigenvalue weighted by Crippen LogP contribution is 2.14. The number of aryl methyl sites for hydroxylation is 3. The lowest BCUT2D eigenvalue weighted by Gasteiger charge is -2.30. The summed E-state index contributed by atoms with van der Waals surface area (Å²) in [5, 5.41) is 11.3. The van der Waals surface area contributed by atoms with Gasteiger partial charge in [-0.05, 0) is 51.6 Å². The number of guanidine groups is 1. The molecule has 6 heteroatoms. The van der Waals surface area contributed by atoms with E-state index < -0.39 is 0 Å². The van der Waals surface area contributed by atoms with E-state index >= 15 is 0 Å². The maximum Gasteiger partial charge on any atom is 0.191 e. The number of aromatic nitrogens is 2. The van der Waals surface area contributed by atoms with Gasteiger partial charge < -0.3 is 15.5 Å². The molecule has 0 radical (unpaired) electrons. The molecule has 1 unspecified atom stereocenters. The van der Waals surface area contributed by atoms with Gasteiger partial charge in [0.1, 0.15) is 0 Å². The van der Waals surface area contributed by atoms with Crippen molar-refractivity contribution in [2.75, 3.05) is 39.8 Å². The number of nitrogens with zero attached hydrogens (tertiary/aromatic N) is 4. The van der Waals surface area contributed by atoms with Gasteiger partial charge in [-0.15, -0.1) is 0 Å². The molecule has 0 saturated carbocycles. The molecule has 24 heavy (non-hydrogen) atoms. The maximum absolute atomic E-state index is 4.49. The molecule has 1 aliphatic rings. The van der Waals surface area contributed by atoms with E-state index in [9.17, 15) is 0 Å². The molecule has 0 aromatic carbocycles. The van der Waals surface area contributed by atoms with Gasteiger partial charge >= 0.3 is 0 Å². The van der Waals surface area contributed by atoms with Crippen molar-refractivity contribution < 1.29 is 0 Å². The normalized spacial score (nSPS) is 19.5. The Morgan fingerprint density at radius 3 is 2.75 bits per heavy atom. The van der Waals surface area contributed by atoms with Crippen molar-refractivity contribution in [1.29, 1.82) is 0 Å². The van der Waals surface area contributed by atoms with Crippen LogP contribution in [0.5, 0.6) is 0 Å². The van der Waals surface area contributed by atoms with Crippen molar-refractivity contribution in [3.63, 3.8) is 0 Å². The van der Waals surface area contributed by atoms with Crippen LogP contribution in [0.25, 0.3) is 0 Å². The number of hydrogen-bond donors (Lipinski definition) is 2. The second-order valence-electron chi connectivity index (χ2n) is 6.98. The number of nitrogens with one attached hydrogen (secondary N) is 2. The second-order valence-corrected chi connectivity index (χ2v) is 6.98. The van der Waals surface area contributed by atoms with Crippen LogP contribution < -0.4 is 10.6 Å². The Morgan fingerprint density at radius 2 is 2.08 bits per heavy atom. The van der Waals surface area contributed by atoms with E-state index in [0.717, 1.165) is 50.2 Å². The fraction of sp³-hybridized carbons (Fsp3) is 0.778. The topological polar surface area (TPSA) is 57.5 Å². The van der Waals surface area contributed by atoms with E-state index in [0.29, 0.717) is 0 Å². The van der Waals surface area contributed by atoms with Gasteiger partial charge in [0.05, 0.1) is 5.69 Å². The van der Waals surface area contributed by atoms with Crippen molar-refractivity contribution >= 4 is 5.96 Å². The quantitative estimate of drug-likeness (QED) is 0.453. The van der Waals surface area contributed by atoms with Crippen LogP contribution in [0.2, 0.25) is 0 Å². The Bertz CT molecular complexity index is 522. The first-order chi connectivity index (χ1) is 11.6. The number of aliphatic imine (C=N–C) groups is 1. The molecule has 136 valence electrons. The van der Waals surface area contributed by atoms with Gasteiger partial charge in [0, 0.05) is 45.5 Å². The molecular weight excluding hydrogens is 300 g/mol. The Hall–Kier alpha value is -1.56. The van der Waals surface area contributed by atoms with Crippen molar-refractivity contribution in [3.8, 4) is 0 Å². The van der Waals surface area contributed by atoms with Gasteiger partial charge in [0.25, 0.3) is 0 Å². The van der Waals surface area contributed by atoms with Crippen LogP contribution in [0.15, 0.2) is 11.1 Å². The first-order valence-corrected chi connectivity index (χ1v) is 9.26. The highest BCUT2D eigenvalue weighted by molar-refractivity contribution is 5.79. The van der Waals surface area contributed by atoms with Crippen LogP contribution in [0, 0.1) is 19.8 Å². The predicted molar refractivity (Wildman–Crippen MR) is 101 cm³/mol. The molecular formula is C18H34N6. The molecule has 0 spiro atoms. The zero-order valence-electron chi connectivity index (χ0n) is 15.8. The third kappa shape index (κ3) is 6.15. The Balaban J connectivity index is 1.59. The molecule has 0 aliphatic carbocycles. The fourth-order valence-corrected chi connectivity index (χ4v) is 3.38. The van der Waals surface area contributed by atoms with E-state index in [-0.39, 0.29) is 0 Å². The first-order valence-electron chi connectivity index (χ1n) is 9.26. The molecule has 1 fully saturated rings. The molecule has 1 aliphatic heterocycles. The van der Waals surface area contributed by atoms with E-state index in [1.165, 1.54) is 31.6 Å². The highest BCUT2D eigenvalue weighted by Gasteiger charge is 2.15. The Labute approximate surface area is 146 Å². The van der Waals surface area contributed by atoms with Gasteiger partial charge in [0.15, 0.2) is 5.96 Å². The zero-order valence-corrected chi connectivity index (χ0v) is 15.8. The van der Waals surface area contributed by atoms with Crippen LogP contribution in [-0.2, 0) is 6.54 Å². The van der Waals surface area contributed by atoms with Crippen molar-refractivity contribution in [3.05, 3.63) is 17.5 Å². The molecule has 2 heterocycles. The van der Waals surface area contributed by atoms with Crippen molar-refractivity contribution in [2.24, 2.45) is 10.9 Å². The molecule has 2 N–H and O–H groups in total. The minimum Gasteiger partial charge on any atom is -0.356 e. The average molecular weight is 335 g/mol. The summed E-state index contributed by atoms with van der Waals surface area (Å²) in [6.45, 7) is 12.8. The number of likely N-dealkylation sites (tertiary alicyclic amines) is 1. The standard InChI is InChI=1S/C18H34N6/c1-15-7-5-10-23(14-15)12-9-21-18(19-4)20-8-6-11-24-17(3)13-16(2)22-24/h13,15H,5-12,14H2,1-4H3,(H2,19,20,21). The summed E-state index contributed by atoms with van der Waals surface area (Å²) in [6.07, 6.45) is 3.75. The Morgan fingerprint density at radius 1 is 1.29 bits per heavy atom. The molecule has 0 bridgehead atoms. The molecule has 2 rings (SSSR count). The summed E-state index contributed by atoms with van der Waals surface area (Å²) in [6, 6.07) is 2.12. The number of hydrogen-bond acceptors (Lipinski definition) is 3.